The van der Waals surface area contributed by atoms with Crippen molar-refractivity contribution in [3.8, 4) is 11.5 Å². The van der Waals surface area contributed by atoms with Gasteiger partial charge in [0.25, 0.3) is 5.91 Å². The SMILES string of the molecule is COc1ccc(CN2C(=O)N[C@H](CCC(=O)O)C2=O)cc1OC. The fourth-order valence-electron chi connectivity index (χ4n) is 2.35. The molecule has 1 heterocycles. The first-order valence-electron chi connectivity index (χ1n) is 7.00. The van der Waals surface area contributed by atoms with E-state index in [1.54, 1.807) is 18.2 Å². The molecule has 0 bridgehead atoms. The molecule has 1 aromatic rings. The summed E-state index contributed by atoms with van der Waals surface area (Å²) < 4.78 is 10.3. The highest BCUT2D eigenvalue weighted by Crippen LogP contribution is 2.28. The number of nitrogens with zero attached hydrogens (tertiary/aromatic N) is 1. The van der Waals surface area contributed by atoms with E-state index in [4.69, 9.17) is 14.6 Å². The Kier molecular flexibility index (Phi) is 5.05. The molecule has 0 aliphatic carbocycles. The number of urea groups is 1. The number of amides is 3. The highest BCUT2D eigenvalue weighted by atomic mass is 16.5. The highest BCUT2D eigenvalue weighted by Gasteiger charge is 2.37. The molecule has 0 spiro atoms. The Bertz CT molecular complexity index is 630. The zero-order valence-electron chi connectivity index (χ0n) is 12.9. The van der Waals surface area contributed by atoms with E-state index in [1.165, 1.54) is 14.2 Å². The molecule has 1 saturated heterocycles. The summed E-state index contributed by atoms with van der Waals surface area (Å²) in [7, 11) is 3.01. The second-order valence-corrected chi connectivity index (χ2v) is 5.05. The Morgan fingerprint density at radius 3 is 2.57 bits per heavy atom. The third-order valence-corrected chi connectivity index (χ3v) is 3.54. The van der Waals surface area contributed by atoms with Crippen molar-refractivity contribution < 1.29 is 29.0 Å². The molecule has 1 aliphatic rings. The fraction of sp³-hybridized carbons (Fsp3) is 0.400. The van der Waals surface area contributed by atoms with Crippen LogP contribution >= 0.6 is 0 Å². The number of hydrogen-bond acceptors (Lipinski definition) is 5. The van der Waals surface area contributed by atoms with Crippen LogP contribution in [0.15, 0.2) is 18.2 Å². The van der Waals surface area contributed by atoms with Gasteiger partial charge in [0.1, 0.15) is 6.04 Å². The Balaban J connectivity index is 2.09. The number of rotatable bonds is 7. The smallest absolute Gasteiger partial charge is 0.325 e. The van der Waals surface area contributed by atoms with Gasteiger partial charge in [-0.3, -0.25) is 14.5 Å². The van der Waals surface area contributed by atoms with Gasteiger partial charge in [0.2, 0.25) is 0 Å². The van der Waals surface area contributed by atoms with Gasteiger partial charge in [0.05, 0.1) is 20.8 Å². The van der Waals surface area contributed by atoms with Crippen LogP contribution in [0.4, 0.5) is 4.79 Å². The second-order valence-electron chi connectivity index (χ2n) is 5.05. The molecule has 2 N–H and O–H groups in total. The van der Waals surface area contributed by atoms with E-state index in [1.807, 2.05) is 0 Å². The number of carbonyl (C=O) groups is 3. The summed E-state index contributed by atoms with van der Waals surface area (Å²) in [6, 6.07) is 3.78. The minimum atomic E-state index is -1.01. The maximum atomic E-state index is 12.2. The van der Waals surface area contributed by atoms with Crippen LogP contribution in [0.25, 0.3) is 0 Å². The first-order chi connectivity index (χ1) is 11.0. The highest BCUT2D eigenvalue weighted by molar-refractivity contribution is 6.04. The molecule has 23 heavy (non-hydrogen) atoms. The Morgan fingerprint density at radius 2 is 1.96 bits per heavy atom. The number of aliphatic carboxylic acids is 1. The molecule has 0 saturated carbocycles. The molecule has 0 aromatic heterocycles. The van der Waals surface area contributed by atoms with E-state index in [0.717, 1.165) is 4.90 Å². The number of ether oxygens (including phenoxy) is 2. The first-order valence-corrected chi connectivity index (χ1v) is 7.00. The van der Waals surface area contributed by atoms with Crippen LogP contribution in [-0.2, 0) is 16.1 Å². The number of carboxylic acid groups (broad SMARTS) is 1. The van der Waals surface area contributed by atoms with Crippen molar-refractivity contribution in [2.24, 2.45) is 0 Å². The molecule has 1 fully saturated rings. The number of nitrogens with one attached hydrogen (secondary N) is 1. The Morgan fingerprint density at radius 1 is 1.26 bits per heavy atom. The minimum absolute atomic E-state index is 0.0718. The average Bonchev–Trinajstić information content (AvgIpc) is 2.80. The predicted octanol–water partition coefficient (Wildman–Crippen LogP) is 0.989. The molecular weight excluding hydrogens is 304 g/mol. The van der Waals surface area contributed by atoms with E-state index >= 15 is 0 Å². The van der Waals surface area contributed by atoms with Crippen molar-refractivity contribution in [2.45, 2.75) is 25.4 Å². The lowest BCUT2D eigenvalue weighted by molar-refractivity contribution is -0.137. The summed E-state index contributed by atoms with van der Waals surface area (Å²) in [5.41, 5.74) is 0.699. The van der Waals surface area contributed by atoms with Gasteiger partial charge in [-0.25, -0.2) is 4.79 Å². The van der Waals surface area contributed by atoms with Crippen molar-refractivity contribution >= 4 is 17.9 Å². The largest absolute Gasteiger partial charge is 0.493 e. The second kappa shape index (κ2) is 6.99. The molecule has 2 rings (SSSR count). The molecule has 0 radical (unpaired) electrons. The van der Waals surface area contributed by atoms with Crippen LogP contribution in [0.1, 0.15) is 18.4 Å². The van der Waals surface area contributed by atoms with E-state index in [9.17, 15) is 14.4 Å². The predicted molar refractivity (Wildman–Crippen MR) is 79.3 cm³/mol. The van der Waals surface area contributed by atoms with Crippen molar-refractivity contribution in [1.29, 1.82) is 0 Å². The normalized spacial score (nSPS) is 17.1. The van der Waals surface area contributed by atoms with Gasteiger partial charge >= 0.3 is 12.0 Å². The summed E-state index contributed by atoms with van der Waals surface area (Å²) in [6.07, 6.45) is -0.108. The molecule has 8 nitrogen and oxygen atoms in total. The summed E-state index contributed by atoms with van der Waals surface area (Å²) in [5.74, 6) is -0.385. The van der Waals surface area contributed by atoms with Crippen LogP contribution in [0.3, 0.4) is 0 Å². The van der Waals surface area contributed by atoms with Gasteiger partial charge in [0, 0.05) is 6.42 Å². The van der Waals surface area contributed by atoms with Crippen molar-refractivity contribution in [1.82, 2.24) is 10.2 Å². The number of hydrogen-bond donors (Lipinski definition) is 2. The lowest BCUT2D eigenvalue weighted by Crippen LogP contribution is -2.31. The van der Waals surface area contributed by atoms with Gasteiger partial charge in [-0.05, 0) is 24.1 Å². The lowest BCUT2D eigenvalue weighted by atomic mass is 10.1. The maximum absolute atomic E-state index is 12.2. The van der Waals surface area contributed by atoms with Crippen molar-refractivity contribution in [2.75, 3.05) is 14.2 Å². The number of carboxylic acids is 1. The molecule has 1 aromatic carbocycles. The van der Waals surface area contributed by atoms with E-state index < -0.39 is 23.9 Å². The quantitative estimate of drug-likeness (QED) is 0.725. The Labute approximate surface area is 133 Å². The van der Waals surface area contributed by atoms with Gasteiger partial charge in [-0.15, -0.1) is 0 Å². The minimum Gasteiger partial charge on any atom is -0.493 e. The van der Waals surface area contributed by atoms with Gasteiger partial charge < -0.3 is 19.9 Å². The van der Waals surface area contributed by atoms with Gasteiger partial charge in [-0.1, -0.05) is 6.07 Å². The zero-order valence-corrected chi connectivity index (χ0v) is 12.9. The summed E-state index contributed by atoms with van der Waals surface area (Å²) in [6.45, 7) is 0.0780. The van der Waals surface area contributed by atoms with E-state index in [0.29, 0.717) is 17.1 Å². The first kappa shape index (κ1) is 16.6. The molecule has 3 amide bonds. The van der Waals surface area contributed by atoms with Crippen LogP contribution in [-0.4, -0.2) is 48.2 Å². The summed E-state index contributed by atoms with van der Waals surface area (Å²) in [4.78, 5) is 35.8. The standard InChI is InChI=1S/C15H18N2O6/c1-22-11-5-3-9(7-12(11)23-2)8-17-14(20)10(16-15(17)21)4-6-13(18)19/h3,5,7,10H,4,6,8H2,1-2H3,(H,16,21)(H,18,19)/t10-/m1/s1. The third-order valence-electron chi connectivity index (χ3n) is 3.54. The molecular formula is C15H18N2O6. The van der Waals surface area contributed by atoms with Crippen LogP contribution in [0.5, 0.6) is 11.5 Å². The van der Waals surface area contributed by atoms with Crippen molar-refractivity contribution in [3.63, 3.8) is 0 Å². The monoisotopic (exact) mass is 322 g/mol. The number of imide groups is 1. The van der Waals surface area contributed by atoms with E-state index in [-0.39, 0.29) is 19.4 Å². The summed E-state index contributed by atoms with van der Waals surface area (Å²) in [5, 5.41) is 11.2. The topological polar surface area (TPSA) is 105 Å². The van der Waals surface area contributed by atoms with Crippen LogP contribution < -0.4 is 14.8 Å². The zero-order chi connectivity index (χ0) is 17.0. The molecule has 8 heteroatoms. The molecule has 124 valence electrons. The molecule has 1 aliphatic heterocycles. The molecule has 0 unspecified atom stereocenters. The summed E-state index contributed by atoms with van der Waals surface area (Å²) >= 11 is 0. The third kappa shape index (κ3) is 3.71. The Hall–Kier alpha value is -2.77. The lowest BCUT2D eigenvalue weighted by Gasteiger charge is -2.15. The average molecular weight is 322 g/mol. The van der Waals surface area contributed by atoms with Crippen LogP contribution in [0.2, 0.25) is 0 Å². The maximum Gasteiger partial charge on any atom is 0.325 e. The number of methoxy groups -OCH3 is 2. The fourth-order valence-corrected chi connectivity index (χ4v) is 2.35. The number of benzene rings is 1. The van der Waals surface area contributed by atoms with Gasteiger partial charge in [0.15, 0.2) is 11.5 Å². The van der Waals surface area contributed by atoms with Gasteiger partial charge in [-0.2, -0.15) is 0 Å². The van der Waals surface area contributed by atoms with E-state index in [2.05, 4.69) is 5.32 Å². The number of carbonyl (C=O) groups excluding carboxylic acids is 2. The van der Waals surface area contributed by atoms with Crippen molar-refractivity contribution in [3.05, 3.63) is 23.8 Å². The van der Waals surface area contributed by atoms with Crippen LogP contribution in [0, 0.1) is 0 Å². The molecule has 1 atom stereocenters.